The molecule has 2 rings (SSSR count). The van der Waals surface area contributed by atoms with Gasteiger partial charge in [0.1, 0.15) is 5.82 Å². The molecule has 1 aromatic carbocycles. The first kappa shape index (κ1) is 18.9. The summed E-state index contributed by atoms with van der Waals surface area (Å²) in [7, 11) is 0. The maximum Gasteiger partial charge on any atom is 0.225 e. The molecule has 1 aromatic rings. The van der Waals surface area contributed by atoms with Crippen LogP contribution in [0.25, 0.3) is 0 Å². The maximum atomic E-state index is 13.6. The van der Waals surface area contributed by atoms with Crippen molar-refractivity contribution < 1.29 is 14.3 Å². The van der Waals surface area contributed by atoms with Crippen molar-refractivity contribution in [2.45, 2.75) is 51.3 Å². The largest absolute Gasteiger partial charge is 0.392 e. The molecule has 6 heteroatoms. The molecule has 4 nitrogen and oxygen atoms in total. The monoisotopic (exact) mass is 330 g/mol. The Morgan fingerprint density at radius 1 is 1.50 bits per heavy atom. The van der Waals surface area contributed by atoms with Crippen molar-refractivity contribution in [3.63, 3.8) is 0 Å². The van der Waals surface area contributed by atoms with Crippen LogP contribution in [-0.2, 0) is 17.9 Å². The minimum atomic E-state index is -0.464. The first-order valence-corrected chi connectivity index (χ1v) is 7.39. The van der Waals surface area contributed by atoms with E-state index in [0.29, 0.717) is 5.56 Å². The van der Waals surface area contributed by atoms with Crippen LogP contribution >= 0.6 is 12.4 Å². The highest BCUT2D eigenvalue weighted by Gasteiger charge is 2.37. The Hall–Kier alpha value is -1.17. The quantitative estimate of drug-likeness (QED) is 0.792. The third-order valence-corrected chi connectivity index (χ3v) is 4.33. The van der Waals surface area contributed by atoms with E-state index in [1.807, 2.05) is 6.92 Å². The fraction of sp³-hybridized carbons (Fsp3) is 0.562. The summed E-state index contributed by atoms with van der Waals surface area (Å²) < 4.78 is 13.6. The lowest BCUT2D eigenvalue weighted by molar-refractivity contribution is -0.128. The van der Waals surface area contributed by atoms with E-state index in [0.717, 1.165) is 25.7 Å². The Morgan fingerprint density at radius 2 is 2.23 bits per heavy atom. The highest BCUT2D eigenvalue weighted by atomic mass is 35.5. The normalized spacial score (nSPS) is 24.5. The fourth-order valence-electron chi connectivity index (χ4n) is 2.93. The van der Waals surface area contributed by atoms with Crippen molar-refractivity contribution in [2.24, 2.45) is 11.7 Å². The molecule has 1 aliphatic carbocycles. The summed E-state index contributed by atoms with van der Waals surface area (Å²) in [6, 6.07) is 4.58. The SMILES string of the molecule is CC1(N)CCCCC1C(=O)NCc1ccc(CO)c(F)c1.Cl. The number of aliphatic hydroxyl groups excluding tert-OH is 1. The fourth-order valence-corrected chi connectivity index (χ4v) is 2.93. The molecule has 1 aliphatic rings. The molecule has 124 valence electrons. The lowest BCUT2D eigenvalue weighted by Crippen LogP contribution is -2.52. The van der Waals surface area contributed by atoms with Crippen molar-refractivity contribution in [1.29, 1.82) is 0 Å². The zero-order valence-electron chi connectivity index (χ0n) is 12.8. The first-order chi connectivity index (χ1) is 9.94. The Bertz CT molecular complexity index is 523. The minimum Gasteiger partial charge on any atom is -0.392 e. The molecule has 1 saturated carbocycles. The summed E-state index contributed by atoms with van der Waals surface area (Å²) in [6.07, 6.45) is 3.73. The summed E-state index contributed by atoms with van der Waals surface area (Å²) in [5.74, 6) is -0.704. The molecule has 4 N–H and O–H groups in total. The zero-order chi connectivity index (χ0) is 15.5. The molecule has 0 heterocycles. The third-order valence-electron chi connectivity index (χ3n) is 4.33. The van der Waals surface area contributed by atoms with Crippen LogP contribution < -0.4 is 11.1 Å². The molecule has 0 aliphatic heterocycles. The second-order valence-corrected chi connectivity index (χ2v) is 6.11. The second kappa shape index (κ2) is 7.90. The van der Waals surface area contributed by atoms with E-state index in [1.54, 1.807) is 6.07 Å². The molecule has 1 amide bonds. The first-order valence-electron chi connectivity index (χ1n) is 7.39. The van der Waals surface area contributed by atoms with E-state index in [4.69, 9.17) is 10.8 Å². The molecule has 0 spiro atoms. The number of hydrogen-bond acceptors (Lipinski definition) is 3. The summed E-state index contributed by atoms with van der Waals surface area (Å²) in [5.41, 5.74) is 6.67. The number of nitrogens with one attached hydrogen (secondary N) is 1. The predicted octanol–water partition coefficient (Wildman–Crippen LogP) is 2.26. The Balaban J connectivity index is 0.00000242. The van der Waals surface area contributed by atoms with Gasteiger partial charge in [-0.3, -0.25) is 4.79 Å². The minimum absolute atomic E-state index is 0. The second-order valence-electron chi connectivity index (χ2n) is 6.11. The van der Waals surface area contributed by atoms with Gasteiger partial charge in [0.15, 0.2) is 0 Å². The number of nitrogens with two attached hydrogens (primary N) is 1. The molecule has 0 aromatic heterocycles. The number of amides is 1. The van der Waals surface area contributed by atoms with Gasteiger partial charge in [-0.2, -0.15) is 0 Å². The zero-order valence-corrected chi connectivity index (χ0v) is 13.6. The van der Waals surface area contributed by atoms with E-state index >= 15 is 0 Å². The van der Waals surface area contributed by atoms with Crippen molar-refractivity contribution >= 4 is 18.3 Å². The van der Waals surface area contributed by atoms with Gasteiger partial charge in [-0.25, -0.2) is 4.39 Å². The van der Waals surface area contributed by atoms with E-state index in [9.17, 15) is 9.18 Å². The van der Waals surface area contributed by atoms with Crippen LogP contribution in [0.1, 0.15) is 43.7 Å². The van der Waals surface area contributed by atoms with Gasteiger partial charge in [0.2, 0.25) is 5.91 Å². The van der Waals surface area contributed by atoms with E-state index < -0.39 is 11.4 Å². The van der Waals surface area contributed by atoms with Crippen LogP contribution in [-0.4, -0.2) is 16.6 Å². The van der Waals surface area contributed by atoms with Crippen molar-refractivity contribution in [3.05, 3.63) is 35.1 Å². The Morgan fingerprint density at radius 3 is 2.82 bits per heavy atom. The highest BCUT2D eigenvalue weighted by Crippen LogP contribution is 2.31. The highest BCUT2D eigenvalue weighted by molar-refractivity contribution is 5.85. The lowest BCUT2D eigenvalue weighted by atomic mass is 9.74. The number of benzene rings is 1. The van der Waals surface area contributed by atoms with E-state index in [-0.39, 0.29) is 42.9 Å². The number of aliphatic hydroxyl groups is 1. The van der Waals surface area contributed by atoms with Gasteiger partial charge in [0.25, 0.3) is 0 Å². The van der Waals surface area contributed by atoms with Crippen LogP contribution in [0.15, 0.2) is 18.2 Å². The molecular weight excluding hydrogens is 307 g/mol. The predicted molar refractivity (Wildman–Crippen MR) is 86.0 cm³/mol. The average molecular weight is 331 g/mol. The van der Waals surface area contributed by atoms with Gasteiger partial charge >= 0.3 is 0 Å². The Kier molecular flexibility index (Phi) is 6.78. The van der Waals surface area contributed by atoms with Gasteiger partial charge in [-0.1, -0.05) is 25.0 Å². The number of carbonyl (C=O) groups is 1. The molecule has 0 bridgehead atoms. The lowest BCUT2D eigenvalue weighted by Gasteiger charge is -2.37. The molecule has 2 unspecified atom stereocenters. The summed E-state index contributed by atoms with van der Waals surface area (Å²) >= 11 is 0. The number of rotatable bonds is 4. The standard InChI is InChI=1S/C16H23FN2O2.ClH/c1-16(18)7-3-2-4-13(16)15(21)19-9-11-5-6-12(10-20)14(17)8-11;/h5-6,8,13,20H,2-4,7,9-10,18H2,1H3,(H,19,21);1H. The number of hydrogen-bond donors (Lipinski definition) is 3. The Labute approximate surface area is 136 Å². The van der Waals surface area contributed by atoms with E-state index in [1.165, 1.54) is 12.1 Å². The van der Waals surface area contributed by atoms with Crippen molar-refractivity contribution in [1.82, 2.24) is 5.32 Å². The number of halogens is 2. The van der Waals surface area contributed by atoms with Gasteiger partial charge in [-0.15, -0.1) is 12.4 Å². The van der Waals surface area contributed by atoms with Gasteiger partial charge in [-0.05, 0) is 31.4 Å². The summed E-state index contributed by atoms with van der Waals surface area (Å²) in [5, 5.41) is 11.8. The average Bonchev–Trinajstić information content (AvgIpc) is 2.44. The smallest absolute Gasteiger partial charge is 0.225 e. The number of carbonyl (C=O) groups excluding carboxylic acids is 1. The molecule has 1 fully saturated rings. The molecule has 22 heavy (non-hydrogen) atoms. The molecule has 0 radical (unpaired) electrons. The third kappa shape index (κ3) is 4.41. The molecular formula is C16H24ClFN2O2. The van der Waals surface area contributed by atoms with Crippen LogP contribution in [0, 0.1) is 11.7 Å². The van der Waals surface area contributed by atoms with Crippen molar-refractivity contribution in [3.8, 4) is 0 Å². The van der Waals surface area contributed by atoms with Crippen LogP contribution in [0.5, 0.6) is 0 Å². The van der Waals surface area contributed by atoms with Gasteiger partial charge in [0.05, 0.1) is 12.5 Å². The molecule has 0 saturated heterocycles. The van der Waals surface area contributed by atoms with Crippen LogP contribution in [0.2, 0.25) is 0 Å². The molecule has 2 atom stereocenters. The van der Waals surface area contributed by atoms with Crippen LogP contribution in [0.3, 0.4) is 0 Å². The van der Waals surface area contributed by atoms with Gasteiger partial charge < -0.3 is 16.2 Å². The van der Waals surface area contributed by atoms with Crippen molar-refractivity contribution in [2.75, 3.05) is 0 Å². The maximum absolute atomic E-state index is 13.6. The summed E-state index contributed by atoms with van der Waals surface area (Å²) in [4.78, 5) is 12.3. The topological polar surface area (TPSA) is 75.4 Å². The van der Waals surface area contributed by atoms with Crippen LogP contribution in [0.4, 0.5) is 4.39 Å². The van der Waals surface area contributed by atoms with E-state index in [2.05, 4.69) is 5.32 Å². The van der Waals surface area contributed by atoms with Gasteiger partial charge in [0, 0.05) is 17.6 Å². The summed E-state index contributed by atoms with van der Waals surface area (Å²) in [6.45, 7) is 1.87.